The standard InChI is InChI=1S/C14H15ClFN3O/c1-4-17-13-8(2)14(19-9(3)18-13)20-11-7-5-6-10(15)12(11)16/h5-7H,4H2,1-3H3,(H,17,18,19). The first-order valence-electron chi connectivity index (χ1n) is 6.24. The van der Waals surface area contributed by atoms with E-state index in [1.165, 1.54) is 12.1 Å². The highest BCUT2D eigenvalue weighted by Crippen LogP contribution is 2.31. The van der Waals surface area contributed by atoms with Gasteiger partial charge in [-0.15, -0.1) is 0 Å². The zero-order chi connectivity index (χ0) is 14.7. The van der Waals surface area contributed by atoms with Gasteiger partial charge in [-0.05, 0) is 32.9 Å². The van der Waals surface area contributed by atoms with Gasteiger partial charge in [0.1, 0.15) is 11.6 Å². The number of nitrogens with one attached hydrogen (secondary N) is 1. The Morgan fingerprint density at radius 3 is 2.75 bits per heavy atom. The van der Waals surface area contributed by atoms with Crippen LogP contribution in [0.1, 0.15) is 18.3 Å². The van der Waals surface area contributed by atoms with Crippen molar-refractivity contribution in [3.8, 4) is 11.6 Å². The molecule has 4 nitrogen and oxygen atoms in total. The van der Waals surface area contributed by atoms with Crippen LogP contribution in [0.4, 0.5) is 10.2 Å². The second-order valence-corrected chi connectivity index (χ2v) is 4.64. The van der Waals surface area contributed by atoms with Crippen molar-refractivity contribution < 1.29 is 9.13 Å². The first-order chi connectivity index (χ1) is 9.52. The predicted molar refractivity (Wildman–Crippen MR) is 77.2 cm³/mol. The maximum absolute atomic E-state index is 13.9. The van der Waals surface area contributed by atoms with Crippen molar-refractivity contribution in [2.45, 2.75) is 20.8 Å². The number of anilines is 1. The fourth-order valence-corrected chi connectivity index (χ4v) is 1.87. The average molecular weight is 296 g/mol. The second kappa shape index (κ2) is 6.05. The molecule has 20 heavy (non-hydrogen) atoms. The Labute approximate surface area is 122 Å². The Hall–Kier alpha value is -1.88. The minimum absolute atomic E-state index is 0.0119. The van der Waals surface area contributed by atoms with Crippen LogP contribution < -0.4 is 10.1 Å². The molecule has 2 aromatic rings. The molecule has 0 saturated carbocycles. The van der Waals surface area contributed by atoms with Gasteiger partial charge in [0, 0.05) is 6.54 Å². The van der Waals surface area contributed by atoms with E-state index in [2.05, 4.69) is 15.3 Å². The zero-order valence-electron chi connectivity index (χ0n) is 11.5. The quantitative estimate of drug-likeness (QED) is 0.922. The SMILES string of the molecule is CCNc1nc(C)nc(Oc2cccc(Cl)c2F)c1C. The van der Waals surface area contributed by atoms with Gasteiger partial charge in [0.05, 0.1) is 10.6 Å². The van der Waals surface area contributed by atoms with Crippen molar-refractivity contribution in [2.24, 2.45) is 0 Å². The van der Waals surface area contributed by atoms with E-state index >= 15 is 0 Å². The lowest BCUT2D eigenvalue weighted by atomic mass is 10.3. The van der Waals surface area contributed by atoms with E-state index in [-0.39, 0.29) is 10.8 Å². The summed E-state index contributed by atoms with van der Waals surface area (Å²) in [4.78, 5) is 8.48. The van der Waals surface area contributed by atoms with Gasteiger partial charge in [-0.3, -0.25) is 0 Å². The molecule has 1 N–H and O–H groups in total. The fraction of sp³-hybridized carbons (Fsp3) is 0.286. The number of hydrogen-bond donors (Lipinski definition) is 1. The Kier molecular flexibility index (Phi) is 4.39. The van der Waals surface area contributed by atoms with Gasteiger partial charge in [-0.25, -0.2) is 9.37 Å². The van der Waals surface area contributed by atoms with Crippen LogP contribution in [-0.4, -0.2) is 16.5 Å². The number of nitrogens with zero attached hydrogens (tertiary/aromatic N) is 2. The molecule has 1 heterocycles. The van der Waals surface area contributed by atoms with E-state index in [0.29, 0.717) is 17.5 Å². The molecule has 1 aromatic carbocycles. The molecular formula is C14H15ClFN3O. The summed E-state index contributed by atoms with van der Waals surface area (Å²) in [6, 6.07) is 4.59. The molecule has 0 fully saturated rings. The Balaban J connectivity index is 2.40. The molecule has 0 bridgehead atoms. The summed E-state index contributed by atoms with van der Waals surface area (Å²) >= 11 is 5.73. The van der Waals surface area contributed by atoms with Gasteiger partial charge < -0.3 is 10.1 Å². The number of rotatable bonds is 4. The van der Waals surface area contributed by atoms with Gasteiger partial charge in [-0.1, -0.05) is 17.7 Å². The molecule has 0 radical (unpaired) electrons. The smallest absolute Gasteiger partial charge is 0.227 e. The molecule has 0 unspecified atom stereocenters. The van der Waals surface area contributed by atoms with Crippen LogP contribution in [0.15, 0.2) is 18.2 Å². The predicted octanol–water partition coefficient (Wildman–Crippen LogP) is 4.11. The van der Waals surface area contributed by atoms with Crippen LogP contribution in [0.2, 0.25) is 5.02 Å². The Morgan fingerprint density at radius 1 is 1.30 bits per heavy atom. The minimum atomic E-state index is -0.602. The first kappa shape index (κ1) is 14.5. The van der Waals surface area contributed by atoms with Crippen molar-refractivity contribution in [3.63, 3.8) is 0 Å². The van der Waals surface area contributed by atoms with E-state index in [1.54, 1.807) is 13.0 Å². The van der Waals surface area contributed by atoms with Crippen LogP contribution in [0.3, 0.4) is 0 Å². The van der Waals surface area contributed by atoms with Crippen molar-refractivity contribution in [2.75, 3.05) is 11.9 Å². The number of halogens is 2. The third-order valence-corrected chi connectivity index (χ3v) is 2.97. The van der Waals surface area contributed by atoms with Crippen molar-refractivity contribution in [3.05, 3.63) is 40.4 Å². The maximum Gasteiger partial charge on any atom is 0.227 e. The normalized spacial score (nSPS) is 10.4. The largest absolute Gasteiger partial charge is 0.435 e. The summed E-state index contributed by atoms with van der Waals surface area (Å²) < 4.78 is 19.4. The summed E-state index contributed by atoms with van der Waals surface area (Å²) in [7, 11) is 0. The summed E-state index contributed by atoms with van der Waals surface area (Å²) in [6.07, 6.45) is 0. The Bertz CT molecular complexity index is 634. The highest BCUT2D eigenvalue weighted by molar-refractivity contribution is 6.30. The van der Waals surface area contributed by atoms with Crippen LogP contribution >= 0.6 is 11.6 Å². The van der Waals surface area contributed by atoms with E-state index in [4.69, 9.17) is 16.3 Å². The van der Waals surface area contributed by atoms with Crippen molar-refractivity contribution in [1.82, 2.24) is 9.97 Å². The third-order valence-electron chi connectivity index (χ3n) is 2.68. The monoisotopic (exact) mass is 295 g/mol. The third kappa shape index (κ3) is 2.99. The number of benzene rings is 1. The number of ether oxygens (including phenoxy) is 1. The summed E-state index contributed by atoms with van der Waals surface area (Å²) in [5.74, 6) is 0.979. The zero-order valence-corrected chi connectivity index (χ0v) is 12.3. The van der Waals surface area contributed by atoms with E-state index in [1.807, 2.05) is 13.8 Å². The molecule has 106 valence electrons. The summed E-state index contributed by atoms with van der Waals surface area (Å²) in [5, 5.41) is 3.13. The molecule has 0 aliphatic carbocycles. The molecule has 0 spiro atoms. The van der Waals surface area contributed by atoms with Crippen LogP contribution in [0.25, 0.3) is 0 Å². The van der Waals surface area contributed by atoms with Gasteiger partial charge in [0.15, 0.2) is 11.6 Å². The molecular weight excluding hydrogens is 281 g/mol. The van der Waals surface area contributed by atoms with Gasteiger partial charge in [-0.2, -0.15) is 4.98 Å². The molecule has 0 aliphatic heterocycles. The topological polar surface area (TPSA) is 47.0 Å². The average Bonchev–Trinajstić information content (AvgIpc) is 2.40. The lowest BCUT2D eigenvalue weighted by Gasteiger charge is -2.13. The lowest BCUT2D eigenvalue weighted by molar-refractivity contribution is 0.422. The molecule has 0 amide bonds. The summed E-state index contributed by atoms with van der Waals surface area (Å²) in [5.41, 5.74) is 0.719. The van der Waals surface area contributed by atoms with E-state index < -0.39 is 5.82 Å². The second-order valence-electron chi connectivity index (χ2n) is 4.23. The van der Waals surface area contributed by atoms with Crippen LogP contribution in [0.5, 0.6) is 11.6 Å². The van der Waals surface area contributed by atoms with Crippen molar-refractivity contribution in [1.29, 1.82) is 0 Å². The number of aromatic nitrogens is 2. The molecule has 6 heteroatoms. The first-order valence-corrected chi connectivity index (χ1v) is 6.61. The highest BCUT2D eigenvalue weighted by atomic mass is 35.5. The highest BCUT2D eigenvalue weighted by Gasteiger charge is 2.14. The molecule has 0 aliphatic rings. The van der Waals surface area contributed by atoms with Crippen molar-refractivity contribution >= 4 is 17.4 Å². The number of aryl methyl sites for hydroxylation is 1. The molecule has 1 aromatic heterocycles. The minimum Gasteiger partial charge on any atom is -0.435 e. The van der Waals surface area contributed by atoms with E-state index in [0.717, 1.165) is 12.1 Å². The Morgan fingerprint density at radius 2 is 2.05 bits per heavy atom. The van der Waals surface area contributed by atoms with Gasteiger partial charge in [0.25, 0.3) is 0 Å². The summed E-state index contributed by atoms with van der Waals surface area (Å²) in [6.45, 7) is 6.26. The molecule has 0 saturated heterocycles. The fourth-order valence-electron chi connectivity index (χ4n) is 1.71. The van der Waals surface area contributed by atoms with Crippen LogP contribution in [-0.2, 0) is 0 Å². The van der Waals surface area contributed by atoms with E-state index in [9.17, 15) is 4.39 Å². The molecule has 0 atom stereocenters. The van der Waals surface area contributed by atoms with Gasteiger partial charge in [0.2, 0.25) is 5.88 Å². The number of hydrogen-bond acceptors (Lipinski definition) is 4. The van der Waals surface area contributed by atoms with Crippen LogP contribution in [0, 0.1) is 19.7 Å². The maximum atomic E-state index is 13.9. The van der Waals surface area contributed by atoms with Gasteiger partial charge >= 0.3 is 0 Å². The molecule has 2 rings (SSSR count). The lowest BCUT2D eigenvalue weighted by Crippen LogP contribution is -2.06.